The lowest BCUT2D eigenvalue weighted by Gasteiger charge is -2.33. The summed E-state index contributed by atoms with van der Waals surface area (Å²) in [4.78, 5) is 25.8. The highest BCUT2D eigenvalue weighted by Gasteiger charge is 2.34. The fourth-order valence-corrected chi connectivity index (χ4v) is 2.96. The fraction of sp³-hybridized carbons (Fsp3) is 0.200. The van der Waals surface area contributed by atoms with Crippen LogP contribution in [0.25, 0.3) is 11.1 Å². The van der Waals surface area contributed by atoms with Crippen LogP contribution in [0.1, 0.15) is 18.5 Å². The van der Waals surface area contributed by atoms with Gasteiger partial charge in [-0.2, -0.15) is 0 Å². The lowest BCUT2D eigenvalue weighted by molar-refractivity contribution is -0.136. The van der Waals surface area contributed by atoms with E-state index in [1.165, 1.54) is 12.0 Å². The number of hydrogen-bond donors (Lipinski definition) is 1. The van der Waals surface area contributed by atoms with E-state index in [9.17, 15) is 9.59 Å². The third-order valence-corrected chi connectivity index (χ3v) is 4.51. The van der Waals surface area contributed by atoms with E-state index < -0.39 is 12.0 Å². The zero-order valence-electron chi connectivity index (χ0n) is 14.4. The Morgan fingerprint density at radius 1 is 1.04 bits per heavy atom. The van der Waals surface area contributed by atoms with Gasteiger partial charge in [0.2, 0.25) is 0 Å². The molecule has 2 aromatic carbocycles. The summed E-state index contributed by atoms with van der Waals surface area (Å²) in [5.41, 5.74) is 4.05. The SMILES string of the molecule is COC(=O)C1=C(C)N(C)C(=O)NC1c1ccc(-c2ccccc2)cc1. The average molecular weight is 336 g/mol. The number of nitrogens with zero attached hydrogens (tertiary/aromatic N) is 1. The Hall–Kier alpha value is -3.08. The molecule has 1 aliphatic heterocycles. The normalized spacial score (nSPS) is 17.3. The Labute approximate surface area is 146 Å². The third-order valence-electron chi connectivity index (χ3n) is 4.51. The van der Waals surface area contributed by atoms with Crippen molar-refractivity contribution in [2.45, 2.75) is 13.0 Å². The summed E-state index contributed by atoms with van der Waals surface area (Å²) in [5.74, 6) is -0.443. The summed E-state index contributed by atoms with van der Waals surface area (Å²) >= 11 is 0. The summed E-state index contributed by atoms with van der Waals surface area (Å²) < 4.78 is 4.91. The number of allylic oxidation sites excluding steroid dienone is 1. The van der Waals surface area contributed by atoms with E-state index in [2.05, 4.69) is 5.32 Å². The van der Waals surface area contributed by atoms with Gasteiger partial charge in [-0.1, -0.05) is 54.6 Å². The molecule has 1 unspecified atom stereocenters. The number of nitrogens with one attached hydrogen (secondary N) is 1. The molecule has 0 saturated carbocycles. The molecule has 2 aromatic rings. The highest BCUT2D eigenvalue weighted by atomic mass is 16.5. The standard InChI is InChI=1S/C20H20N2O3/c1-13-17(19(23)25-3)18(21-20(24)22(13)2)16-11-9-15(10-12-16)14-7-5-4-6-8-14/h4-12,18H,1-3H3,(H,21,24). The van der Waals surface area contributed by atoms with E-state index >= 15 is 0 Å². The van der Waals surface area contributed by atoms with Crippen LogP contribution in [-0.2, 0) is 9.53 Å². The number of carbonyl (C=O) groups excluding carboxylic acids is 2. The third kappa shape index (κ3) is 3.13. The number of methoxy groups -OCH3 is 1. The Kier molecular flexibility index (Phi) is 4.57. The zero-order valence-corrected chi connectivity index (χ0v) is 14.4. The summed E-state index contributed by atoms with van der Waals surface area (Å²) in [6.07, 6.45) is 0. The Morgan fingerprint density at radius 3 is 2.24 bits per heavy atom. The van der Waals surface area contributed by atoms with Crippen LogP contribution in [-0.4, -0.2) is 31.1 Å². The van der Waals surface area contributed by atoms with Crippen LogP contribution >= 0.6 is 0 Å². The van der Waals surface area contributed by atoms with E-state index in [0.29, 0.717) is 11.3 Å². The van der Waals surface area contributed by atoms with Gasteiger partial charge in [-0.25, -0.2) is 9.59 Å². The predicted octanol–water partition coefficient (Wildman–Crippen LogP) is 3.50. The molecule has 1 aliphatic rings. The van der Waals surface area contributed by atoms with Gasteiger partial charge in [0.15, 0.2) is 0 Å². The summed E-state index contributed by atoms with van der Waals surface area (Å²) in [6, 6.07) is 17.1. The molecule has 2 amide bonds. The number of benzene rings is 2. The molecule has 0 aliphatic carbocycles. The Bertz CT molecular complexity index is 826. The van der Waals surface area contributed by atoms with Gasteiger partial charge in [0.25, 0.3) is 0 Å². The summed E-state index contributed by atoms with van der Waals surface area (Å²) in [6.45, 7) is 1.75. The van der Waals surface area contributed by atoms with Crippen molar-refractivity contribution in [3.8, 4) is 11.1 Å². The Morgan fingerprint density at radius 2 is 1.64 bits per heavy atom. The fourth-order valence-electron chi connectivity index (χ4n) is 2.96. The molecule has 0 aromatic heterocycles. The van der Waals surface area contributed by atoms with E-state index in [1.807, 2.05) is 54.6 Å². The number of esters is 1. The number of urea groups is 1. The molecule has 0 fully saturated rings. The van der Waals surface area contributed by atoms with Crippen LogP contribution < -0.4 is 5.32 Å². The van der Waals surface area contributed by atoms with E-state index in [0.717, 1.165) is 16.7 Å². The van der Waals surface area contributed by atoms with Crippen LogP contribution in [0, 0.1) is 0 Å². The van der Waals surface area contributed by atoms with Crippen LogP contribution in [0.15, 0.2) is 65.9 Å². The molecule has 1 heterocycles. The minimum atomic E-state index is -0.527. The lowest BCUT2D eigenvalue weighted by Crippen LogP contribution is -2.46. The van der Waals surface area contributed by atoms with Gasteiger partial charge >= 0.3 is 12.0 Å². The van der Waals surface area contributed by atoms with Crippen molar-refractivity contribution in [3.63, 3.8) is 0 Å². The monoisotopic (exact) mass is 336 g/mol. The molecule has 1 atom stereocenters. The van der Waals surface area contributed by atoms with Gasteiger partial charge in [-0.3, -0.25) is 0 Å². The number of carbonyl (C=O) groups is 2. The molecule has 0 bridgehead atoms. The second-order valence-electron chi connectivity index (χ2n) is 5.92. The topological polar surface area (TPSA) is 58.6 Å². The van der Waals surface area contributed by atoms with E-state index in [1.54, 1.807) is 14.0 Å². The van der Waals surface area contributed by atoms with Gasteiger partial charge in [-0.15, -0.1) is 0 Å². The van der Waals surface area contributed by atoms with Crippen molar-refractivity contribution in [3.05, 3.63) is 71.4 Å². The summed E-state index contributed by atoms with van der Waals surface area (Å²) in [7, 11) is 2.97. The minimum absolute atomic E-state index is 0.248. The van der Waals surface area contributed by atoms with Gasteiger partial charge in [0.05, 0.1) is 18.7 Å². The molecular formula is C20H20N2O3. The van der Waals surface area contributed by atoms with Crippen LogP contribution in [0.3, 0.4) is 0 Å². The molecule has 0 spiro atoms. The average Bonchev–Trinajstić information content (AvgIpc) is 2.66. The first-order chi connectivity index (χ1) is 12.0. The minimum Gasteiger partial charge on any atom is -0.466 e. The van der Waals surface area contributed by atoms with Crippen molar-refractivity contribution in [2.24, 2.45) is 0 Å². The molecule has 5 nitrogen and oxygen atoms in total. The molecule has 3 rings (SSSR count). The van der Waals surface area contributed by atoms with Crippen LogP contribution in [0.4, 0.5) is 4.79 Å². The highest BCUT2D eigenvalue weighted by Crippen LogP contribution is 2.31. The zero-order chi connectivity index (χ0) is 18.0. The van der Waals surface area contributed by atoms with E-state index in [-0.39, 0.29) is 6.03 Å². The molecular weight excluding hydrogens is 316 g/mol. The Balaban J connectivity index is 1.99. The van der Waals surface area contributed by atoms with Crippen molar-refractivity contribution >= 4 is 12.0 Å². The van der Waals surface area contributed by atoms with Gasteiger partial charge < -0.3 is 15.0 Å². The smallest absolute Gasteiger partial charge is 0.337 e. The van der Waals surface area contributed by atoms with Crippen LogP contribution in [0.2, 0.25) is 0 Å². The number of amides is 2. The maximum absolute atomic E-state index is 12.2. The molecule has 1 N–H and O–H groups in total. The quantitative estimate of drug-likeness (QED) is 0.873. The van der Waals surface area contributed by atoms with Gasteiger partial charge in [-0.05, 0) is 23.6 Å². The number of rotatable bonds is 3. The predicted molar refractivity (Wildman–Crippen MR) is 95.6 cm³/mol. The van der Waals surface area contributed by atoms with Crippen molar-refractivity contribution < 1.29 is 14.3 Å². The van der Waals surface area contributed by atoms with Crippen molar-refractivity contribution in [1.82, 2.24) is 10.2 Å². The maximum Gasteiger partial charge on any atom is 0.337 e. The second kappa shape index (κ2) is 6.81. The first kappa shape index (κ1) is 16.8. The van der Waals surface area contributed by atoms with Crippen molar-refractivity contribution in [2.75, 3.05) is 14.2 Å². The molecule has 5 heteroatoms. The first-order valence-corrected chi connectivity index (χ1v) is 8.01. The summed E-state index contributed by atoms with van der Waals surface area (Å²) in [5, 5.41) is 2.87. The first-order valence-electron chi connectivity index (χ1n) is 8.01. The van der Waals surface area contributed by atoms with Gasteiger partial charge in [0.1, 0.15) is 0 Å². The molecule has 25 heavy (non-hydrogen) atoms. The van der Waals surface area contributed by atoms with E-state index in [4.69, 9.17) is 4.74 Å². The van der Waals surface area contributed by atoms with Crippen LogP contribution in [0.5, 0.6) is 0 Å². The van der Waals surface area contributed by atoms with Gasteiger partial charge in [0, 0.05) is 12.7 Å². The largest absolute Gasteiger partial charge is 0.466 e. The highest BCUT2D eigenvalue weighted by molar-refractivity contribution is 5.94. The molecule has 0 saturated heterocycles. The molecule has 128 valence electrons. The number of ether oxygens (including phenoxy) is 1. The van der Waals surface area contributed by atoms with Crippen molar-refractivity contribution in [1.29, 1.82) is 0 Å². The maximum atomic E-state index is 12.2. The second-order valence-corrected chi connectivity index (χ2v) is 5.92. The molecule has 0 radical (unpaired) electrons. The number of hydrogen-bond acceptors (Lipinski definition) is 3. The lowest BCUT2D eigenvalue weighted by atomic mass is 9.93.